The lowest BCUT2D eigenvalue weighted by Gasteiger charge is -2.27. The number of nitrogens with zero attached hydrogens (tertiary/aromatic N) is 4. The Morgan fingerprint density at radius 1 is 1.00 bits per heavy atom. The third-order valence-electron chi connectivity index (χ3n) is 4.70. The average molecular weight is 366 g/mol. The molecule has 0 aliphatic carbocycles. The van der Waals surface area contributed by atoms with Crippen LogP contribution in [0.25, 0.3) is 33.1 Å². The fourth-order valence-electron chi connectivity index (χ4n) is 3.39. The molecule has 1 aliphatic heterocycles. The summed E-state index contributed by atoms with van der Waals surface area (Å²) in [5.74, 6) is 0.685. The summed E-state index contributed by atoms with van der Waals surface area (Å²) < 4.78 is 5.46. The number of hydrogen-bond acceptors (Lipinski definition) is 5. The lowest BCUT2D eigenvalue weighted by Crippen LogP contribution is -2.37. The second-order valence-corrected chi connectivity index (χ2v) is 6.65. The highest BCUT2D eigenvalue weighted by Gasteiger charge is 2.19. The molecular formula is C19H16ClN5O. The first kappa shape index (κ1) is 15.5. The summed E-state index contributed by atoms with van der Waals surface area (Å²) in [6.07, 6.45) is 1.83. The Morgan fingerprint density at radius 3 is 2.73 bits per heavy atom. The van der Waals surface area contributed by atoms with Crippen molar-refractivity contribution in [1.29, 1.82) is 0 Å². The topological polar surface area (TPSA) is 66.9 Å². The summed E-state index contributed by atoms with van der Waals surface area (Å²) in [6, 6.07) is 11.9. The minimum atomic E-state index is 0.625. The minimum Gasteiger partial charge on any atom is -0.378 e. The largest absolute Gasteiger partial charge is 0.378 e. The molecule has 0 atom stereocenters. The predicted octanol–water partition coefficient (Wildman–Crippen LogP) is 3.66. The Kier molecular flexibility index (Phi) is 3.72. The number of benzene rings is 2. The number of para-hydroxylation sites is 1. The fraction of sp³-hybridized carbons (Fsp3) is 0.211. The number of anilines is 1. The van der Waals surface area contributed by atoms with Gasteiger partial charge >= 0.3 is 0 Å². The van der Waals surface area contributed by atoms with E-state index in [0.29, 0.717) is 24.2 Å². The Morgan fingerprint density at radius 2 is 1.85 bits per heavy atom. The van der Waals surface area contributed by atoms with Gasteiger partial charge in [0.2, 0.25) is 5.95 Å². The van der Waals surface area contributed by atoms with Crippen molar-refractivity contribution in [3.63, 3.8) is 0 Å². The third kappa shape index (κ3) is 2.50. The maximum absolute atomic E-state index is 6.47. The van der Waals surface area contributed by atoms with Crippen LogP contribution in [0.2, 0.25) is 5.02 Å². The van der Waals surface area contributed by atoms with Gasteiger partial charge in [-0.1, -0.05) is 35.9 Å². The number of aromatic amines is 1. The molecule has 1 aliphatic rings. The molecule has 0 unspecified atom stereocenters. The van der Waals surface area contributed by atoms with Crippen molar-refractivity contribution in [3.8, 4) is 11.3 Å². The molecule has 5 rings (SSSR count). The number of hydrogen-bond donors (Lipinski definition) is 1. The molecule has 7 heteroatoms. The van der Waals surface area contributed by atoms with Gasteiger partial charge < -0.3 is 9.64 Å². The van der Waals surface area contributed by atoms with Gasteiger partial charge in [0.1, 0.15) is 0 Å². The van der Waals surface area contributed by atoms with Crippen molar-refractivity contribution in [1.82, 2.24) is 20.2 Å². The number of rotatable bonds is 2. The second kappa shape index (κ2) is 6.23. The summed E-state index contributed by atoms with van der Waals surface area (Å²) in [4.78, 5) is 11.8. The number of morpholine rings is 1. The first-order valence-corrected chi connectivity index (χ1v) is 8.90. The van der Waals surface area contributed by atoms with Crippen LogP contribution >= 0.6 is 11.6 Å². The Bertz CT molecular complexity index is 1100. The summed E-state index contributed by atoms with van der Waals surface area (Å²) in [6.45, 7) is 2.89. The van der Waals surface area contributed by atoms with E-state index >= 15 is 0 Å². The highest BCUT2D eigenvalue weighted by atomic mass is 35.5. The first-order valence-electron chi connectivity index (χ1n) is 8.53. The van der Waals surface area contributed by atoms with Crippen LogP contribution in [-0.4, -0.2) is 46.5 Å². The normalized spacial score (nSPS) is 15.0. The summed E-state index contributed by atoms with van der Waals surface area (Å²) in [7, 11) is 0. The van der Waals surface area contributed by atoms with Crippen molar-refractivity contribution >= 4 is 39.4 Å². The smallest absolute Gasteiger partial charge is 0.226 e. The van der Waals surface area contributed by atoms with Gasteiger partial charge in [-0.3, -0.25) is 5.10 Å². The summed E-state index contributed by atoms with van der Waals surface area (Å²) in [5.41, 5.74) is 3.62. The molecular weight excluding hydrogens is 350 g/mol. The molecule has 1 fully saturated rings. The molecule has 3 heterocycles. The molecule has 2 aromatic carbocycles. The fourth-order valence-corrected chi connectivity index (χ4v) is 3.61. The van der Waals surface area contributed by atoms with E-state index in [0.717, 1.165) is 46.2 Å². The molecule has 0 radical (unpaired) electrons. The highest BCUT2D eigenvalue weighted by molar-refractivity contribution is 6.35. The van der Waals surface area contributed by atoms with Crippen LogP contribution in [0.1, 0.15) is 0 Å². The molecule has 0 saturated carbocycles. The molecule has 4 aromatic rings. The van der Waals surface area contributed by atoms with Crippen LogP contribution in [0.5, 0.6) is 0 Å². The molecule has 6 nitrogen and oxygen atoms in total. The van der Waals surface area contributed by atoms with Crippen molar-refractivity contribution in [2.45, 2.75) is 0 Å². The standard InChI is InChI=1S/C19H16ClN5O/c20-15-5-1-4-13-17(12-3-2-6-16-14(12)11-21-24-16)22-19(23-18(13)15)25-7-9-26-10-8-25/h1-6,11H,7-10H2,(H,21,24). The van der Waals surface area contributed by atoms with Crippen LogP contribution in [0.3, 0.4) is 0 Å². The Balaban J connectivity index is 1.80. The SMILES string of the molecule is Clc1cccc2c(-c3cccc4[nH]ncc34)nc(N3CCOCC3)nc12. The molecule has 2 aromatic heterocycles. The molecule has 0 amide bonds. The molecule has 130 valence electrons. The van der Waals surface area contributed by atoms with Gasteiger partial charge in [-0.15, -0.1) is 0 Å². The Labute approximate surface area is 154 Å². The van der Waals surface area contributed by atoms with Gasteiger partial charge in [0.15, 0.2) is 0 Å². The van der Waals surface area contributed by atoms with Crippen molar-refractivity contribution < 1.29 is 4.74 Å². The van der Waals surface area contributed by atoms with E-state index in [1.54, 1.807) is 0 Å². The van der Waals surface area contributed by atoms with Crippen molar-refractivity contribution in [3.05, 3.63) is 47.6 Å². The summed E-state index contributed by atoms with van der Waals surface area (Å²) in [5, 5.41) is 9.78. The van der Waals surface area contributed by atoms with E-state index in [4.69, 9.17) is 26.3 Å². The van der Waals surface area contributed by atoms with Crippen molar-refractivity contribution in [2.24, 2.45) is 0 Å². The number of nitrogens with one attached hydrogen (secondary N) is 1. The van der Waals surface area contributed by atoms with Gasteiger partial charge in [-0.25, -0.2) is 9.97 Å². The van der Waals surface area contributed by atoms with Crippen molar-refractivity contribution in [2.75, 3.05) is 31.2 Å². The lowest BCUT2D eigenvalue weighted by atomic mass is 10.0. The van der Waals surface area contributed by atoms with Crippen LogP contribution in [-0.2, 0) is 4.74 Å². The molecule has 26 heavy (non-hydrogen) atoms. The van der Waals surface area contributed by atoms with E-state index in [-0.39, 0.29) is 0 Å². The van der Waals surface area contributed by atoms with Crippen LogP contribution in [0, 0.1) is 0 Å². The van der Waals surface area contributed by atoms with E-state index < -0.39 is 0 Å². The van der Waals surface area contributed by atoms with Gasteiger partial charge in [-0.2, -0.15) is 5.10 Å². The highest BCUT2D eigenvalue weighted by Crippen LogP contribution is 2.35. The van der Waals surface area contributed by atoms with Gasteiger partial charge in [0.05, 0.1) is 41.2 Å². The van der Waals surface area contributed by atoms with E-state index in [9.17, 15) is 0 Å². The minimum absolute atomic E-state index is 0.625. The Hall–Kier alpha value is -2.70. The number of H-pyrrole nitrogens is 1. The first-order chi connectivity index (χ1) is 12.8. The van der Waals surface area contributed by atoms with E-state index in [1.807, 2.05) is 36.5 Å². The maximum Gasteiger partial charge on any atom is 0.226 e. The van der Waals surface area contributed by atoms with E-state index in [1.165, 1.54) is 0 Å². The maximum atomic E-state index is 6.47. The average Bonchev–Trinajstić information content (AvgIpc) is 3.17. The zero-order chi connectivity index (χ0) is 17.5. The number of halogens is 1. The second-order valence-electron chi connectivity index (χ2n) is 6.24. The van der Waals surface area contributed by atoms with Gasteiger partial charge in [-0.05, 0) is 12.1 Å². The molecule has 0 bridgehead atoms. The summed E-state index contributed by atoms with van der Waals surface area (Å²) >= 11 is 6.47. The lowest BCUT2D eigenvalue weighted by molar-refractivity contribution is 0.122. The zero-order valence-corrected chi connectivity index (χ0v) is 14.7. The predicted molar refractivity (Wildman–Crippen MR) is 103 cm³/mol. The van der Waals surface area contributed by atoms with Crippen LogP contribution in [0.15, 0.2) is 42.6 Å². The van der Waals surface area contributed by atoms with Gasteiger partial charge in [0, 0.05) is 29.4 Å². The zero-order valence-electron chi connectivity index (χ0n) is 13.9. The van der Waals surface area contributed by atoms with Gasteiger partial charge in [0.25, 0.3) is 0 Å². The van der Waals surface area contributed by atoms with Crippen LogP contribution < -0.4 is 4.90 Å². The number of aromatic nitrogens is 4. The number of fused-ring (bicyclic) bond motifs is 2. The number of ether oxygens (including phenoxy) is 1. The van der Waals surface area contributed by atoms with E-state index in [2.05, 4.69) is 21.2 Å². The molecule has 1 N–H and O–H groups in total. The quantitative estimate of drug-likeness (QED) is 0.587. The third-order valence-corrected chi connectivity index (χ3v) is 5.00. The van der Waals surface area contributed by atoms with Crippen LogP contribution in [0.4, 0.5) is 5.95 Å². The molecule has 0 spiro atoms. The monoisotopic (exact) mass is 365 g/mol. The molecule has 1 saturated heterocycles.